The highest BCUT2D eigenvalue weighted by Gasteiger charge is 2.08. The molecule has 0 atom stereocenters. The van der Waals surface area contributed by atoms with Gasteiger partial charge in [-0.3, -0.25) is 9.59 Å². The molecule has 2 N–H and O–H groups in total. The van der Waals surface area contributed by atoms with Crippen LogP contribution >= 0.6 is 23.2 Å². The van der Waals surface area contributed by atoms with Gasteiger partial charge in [0.05, 0.1) is 29.4 Å². The normalized spacial score (nSPS) is 10.6. The Morgan fingerprint density at radius 1 is 1.15 bits per heavy atom. The predicted octanol–water partition coefficient (Wildman–Crippen LogP) is 3.66. The molecule has 0 bridgehead atoms. The van der Waals surface area contributed by atoms with Gasteiger partial charge in [-0.05, 0) is 36.8 Å². The fourth-order valence-electron chi connectivity index (χ4n) is 2.02. The molecule has 0 aliphatic heterocycles. The SMILES string of the molecule is CCCOc1ccc(C(=O)NCC(=O)NN=Cc2cccc(Cl)c2Cl)cc1. The van der Waals surface area contributed by atoms with E-state index in [0.717, 1.165) is 6.42 Å². The topological polar surface area (TPSA) is 79.8 Å². The van der Waals surface area contributed by atoms with Gasteiger partial charge in [-0.2, -0.15) is 5.10 Å². The lowest BCUT2D eigenvalue weighted by Crippen LogP contribution is -2.34. The van der Waals surface area contributed by atoms with E-state index in [1.54, 1.807) is 42.5 Å². The van der Waals surface area contributed by atoms with Crippen LogP contribution in [0.25, 0.3) is 0 Å². The van der Waals surface area contributed by atoms with Crippen LogP contribution in [0.4, 0.5) is 0 Å². The van der Waals surface area contributed by atoms with Crippen molar-refractivity contribution < 1.29 is 14.3 Å². The van der Waals surface area contributed by atoms with E-state index in [2.05, 4.69) is 15.8 Å². The Kier molecular flexibility index (Phi) is 8.10. The number of benzene rings is 2. The number of ether oxygens (including phenoxy) is 1. The fourth-order valence-corrected chi connectivity index (χ4v) is 2.38. The molecular weight excluding hydrogens is 389 g/mol. The standard InChI is InChI=1S/C19H19Cl2N3O3/c1-2-10-27-15-8-6-13(7-9-15)19(26)22-12-17(25)24-23-11-14-4-3-5-16(20)18(14)21/h3-9,11H,2,10,12H2,1H3,(H,22,26)(H,24,25). The smallest absolute Gasteiger partial charge is 0.259 e. The molecule has 0 spiro atoms. The van der Waals surface area contributed by atoms with E-state index >= 15 is 0 Å². The van der Waals surface area contributed by atoms with Crippen LogP contribution in [-0.4, -0.2) is 31.2 Å². The van der Waals surface area contributed by atoms with E-state index in [4.69, 9.17) is 27.9 Å². The molecule has 0 aliphatic rings. The summed E-state index contributed by atoms with van der Waals surface area (Å²) >= 11 is 11.9. The van der Waals surface area contributed by atoms with Crippen LogP contribution in [0.1, 0.15) is 29.3 Å². The number of hydrogen-bond acceptors (Lipinski definition) is 4. The quantitative estimate of drug-likeness (QED) is 0.517. The van der Waals surface area contributed by atoms with Crippen LogP contribution in [0.15, 0.2) is 47.6 Å². The highest BCUT2D eigenvalue weighted by molar-refractivity contribution is 6.43. The van der Waals surface area contributed by atoms with Gasteiger partial charge < -0.3 is 10.1 Å². The Bertz CT molecular complexity index is 823. The van der Waals surface area contributed by atoms with Crippen LogP contribution in [0.3, 0.4) is 0 Å². The molecule has 8 heteroatoms. The van der Waals surface area contributed by atoms with Gasteiger partial charge in [-0.25, -0.2) is 5.43 Å². The molecule has 0 aliphatic carbocycles. The lowest BCUT2D eigenvalue weighted by molar-refractivity contribution is -0.120. The minimum atomic E-state index is -0.472. The molecule has 2 aromatic carbocycles. The molecule has 0 saturated heterocycles. The molecule has 0 radical (unpaired) electrons. The predicted molar refractivity (Wildman–Crippen MR) is 107 cm³/mol. The number of rotatable bonds is 8. The van der Waals surface area contributed by atoms with Crippen molar-refractivity contribution in [3.8, 4) is 5.75 Å². The fraction of sp³-hybridized carbons (Fsp3) is 0.211. The minimum absolute atomic E-state index is 0.215. The molecule has 0 fully saturated rings. The summed E-state index contributed by atoms with van der Waals surface area (Å²) in [6.07, 6.45) is 2.28. The number of halogens is 2. The van der Waals surface area contributed by atoms with Crippen molar-refractivity contribution in [2.75, 3.05) is 13.2 Å². The zero-order valence-electron chi connectivity index (χ0n) is 14.7. The van der Waals surface area contributed by atoms with Gasteiger partial charge in [-0.15, -0.1) is 0 Å². The third-order valence-corrected chi connectivity index (χ3v) is 4.21. The molecular formula is C19H19Cl2N3O3. The Balaban J connectivity index is 1.80. The molecule has 0 heterocycles. The van der Waals surface area contributed by atoms with Gasteiger partial charge in [0.25, 0.3) is 11.8 Å². The van der Waals surface area contributed by atoms with Gasteiger partial charge in [0.15, 0.2) is 0 Å². The van der Waals surface area contributed by atoms with E-state index in [0.29, 0.717) is 33.5 Å². The van der Waals surface area contributed by atoms with Crippen LogP contribution in [-0.2, 0) is 4.79 Å². The summed E-state index contributed by atoms with van der Waals surface area (Å²) in [6, 6.07) is 11.8. The van der Waals surface area contributed by atoms with Crippen molar-refractivity contribution in [2.24, 2.45) is 5.10 Å². The molecule has 2 aromatic rings. The molecule has 0 saturated carbocycles. The Morgan fingerprint density at radius 3 is 2.59 bits per heavy atom. The summed E-state index contributed by atoms with van der Waals surface area (Å²) < 4.78 is 5.46. The van der Waals surface area contributed by atoms with Crippen molar-refractivity contribution in [2.45, 2.75) is 13.3 Å². The van der Waals surface area contributed by atoms with E-state index < -0.39 is 5.91 Å². The zero-order valence-corrected chi connectivity index (χ0v) is 16.2. The molecule has 142 valence electrons. The number of hydrogen-bond donors (Lipinski definition) is 2. The monoisotopic (exact) mass is 407 g/mol. The van der Waals surface area contributed by atoms with Crippen LogP contribution in [0.2, 0.25) is 10.0 Å². The molecule has 27 heavy (non-hydrogen) atoms. The van der Waals surface area contributed by atoms with Gasteiger partial charge >= 0.3 is 0 Å². The summed E-state index contributed by atoms with van der Waals surface area (Å²) in [5, 5.41) is 7.05. The summed E-state index contributed by atoms with van der Waals surface area (Å²) in [6.45, 7) is 2.42. The summed E-state index contributed by atoms with van der Waals surface area (Å²) in [4.78, 5) is 23.8. The average Bonchev–Trinajstić information content (AvgIpc) is 2.68. The van der Waals surface area contributed by atoms with E-state index in [-0.39, 0.29) is 12.5 Å². The first-order chi connectivity index (χ1) is 13.0. The summed E-state index contributed by atoms with van der Waals surface area (Å²) in [5.41, 5.74) is 3.31. The first-order valence-corrected chi connectivity index (χ1v) is 9.04. The maximum atomic E-state index is 12.0. The molecule has 6 nitrogen and oxygen atoms in total. The minimum Gasteiger partial charge on any atom is -0.494 e. The van der Waals surface area contributed by atoms with Crippen molar-refractivity contribution >= 4 is 41.2 Å². The molecule has 2 amide bonds. The Hall–Kier alpha value is -2.57. The van der Waals surface area contributed by atoms with Crippen molar-refractivity contribution in [1.82, 2.24) is 10.7 Å². The number of nitrogens with one attached hydrogen (secondary N) is 2. The molecule has 0 unspecified atom stereocenters. The van der Waals surface area contributed by atoms with Crippen molar-refractivity contribution in [3.05, 3.63) is 63.6 Å². The van der Waals surface area contributed by atoms with E-state index in [9.17, 15) is 9.59 Å². The number of hydrazone groups is 1. The number of nitrogens with zero attached hydrogens (tertiary/aromatic N) is 1. The van der Waals surface area contributed by atoms with Gasteiger partial charge in [0.2, 0.25) is 0 Å². The van der Waals surface area contributed by atoms with Gasteiger partial charge in [-0.1, -0.05) is 42.3 Å². The number of amides is 2. The molecule has 0 aromatic heterocycles. The maximum absolute atomic E-state index is 12.0. The first-order valence-electron chi connectivity index (χ1n) is 8.28. The summed E-state index contributed by atoms with van der Waals surface area (Å²) in [5.74, 6) is -0.144. The second kappa shape index (κ2) is 10.5. The zero-order chi connectivity index (χ0) is 19.6. The average molecular weight is 408 g/mol. The van der Waals surface area contributed by atoms with Crippen molar-refractivity contribution in [1.29, 1.82) is 0 Å². The third-order valence-electron chi connectivity index (χ3n) is 3.37. The van der Waals surface area contributed by atoms with Crippen LogP contribution in [0, 0.1) is 0 Å². The molecule has 2 rings (SSSR count). The maximum Gasteiger partial charge on any atom is 0.259 e. The third kappa shape index (κ3) is 6.58. The Labute approximate surface area is 167 Å². The number of carbonyl (C=O) groups is 2. The van der Waals surface area contributed by atoms with Gasteiger partial charge in [0.1, 0.15) is 5.75 Å². The lowest BCUT2D eigenvalue weighted by Gasteiger charge is -2.07. The first kappa shape index (κ1) is 20.7. The largest absolute Gasteiger partial charge is 0.494 e. The second-order valence-electron chi connectivity index (χ2n) is 5.49. The lowest BCUT2D eigenvalue weighted by atomic mass is 10.2. The van der Waals surface area contributed by atoms with E-state index in [1.165, 1.54) is 6.21 Å². The number of carbonyl (C=O) groups excluding carboxylic acids is 2. The van der Waals surface area contributed by atoms with Crippen molar-refractivity contribution in [3.63, 3.8) is 0 Å². The second-order valence-corrected chi connectivity index (χ2v) is 6.28. The van der Waals surface area contributed by atoms with Gasteiger partial charge in [0, 0.05) is 11.1 Å². The summed E-state index contributed by atoms with van der Waals surface area (Å²) in [7, 11) is 0. The van der Waals surface area contributed by atoms with Crippen LogP contribution < -0.4 is 15.5 Å². The van der Waals surface area contributed by atoms with Crippen LogP contribution in [0.5, 0.6) is 5.75 Å². The highest BCUT2D eigenvalue weighted by atomic mass is 35.5. The Morgan fingerprint density at radius 2 is 1.89 bits per heavy atom. The van der Waals surface area contributed by atoms with E-state index in [1.807, 2.05) is 6.92 Å². The highest BCUT2D eigenvalue weighted by Crippen LogP contribution is 2.24.